The Balaban J connectivity index is 2.12. The summed E-state index contributed by atoms with van der Waals surface area (Å²) in [6, 6.07) is 3.71. The van der Waals surface area contributed by atoms with E-state index in [4.69, 9.17) is 33.7 Å². The first-order valence-corrected chi connectivity index (χ1v) is 7.24. The Hall–Kier alpha value is -0.640. The largest absolute Gasteiger partial charge is 0.399 e. The highest BCUT2D eigenvalue weighted by atomic mass is 35.5. The van der Waals surface area contributed by atoms with Crippen LogP contribution in [0.2, 0.25) is 10.0 Å². The minimum Gasteiger partial charge on any atom is -0.399 e. The first kappa shape index (κ1) is 14.8. The van der Waals surface area contributed by atoms with Crippen molar-refractivity contribution < 1.29 is 4.74 Å². The van der Waals surface area contributed by atoms with Crippen molar-refractivity contribution in [3.63, 3.8) is 0 Å². The second-order valence-electron chi connectivity index (χ2n) is 5.56. The van der Waals surface area contributed by atoms with Crippen LogP contribution >= 0.6 is 23.2 Å². The minimum atomic E-state index is 0.0596. The monoisotopic (exact) mass is 302 g/mol. The molecule has 0 spiro atoms. The second kappa shape index (κ2) is 5.39. The Kier molecular flexibility index (Phi) is 4.19. The molecule has 0 heterocycles. The van der Waals surface area contributed by atoms with Gasteiger partial charge in [0.2, 0.25) is 0 Å². The number of ether oxygens (including phenoxy) is 1. The molecular formula is C14H20Cl2N2O. The van der Waals surface area contributed by atoms with Crippen LogP contribution in [0, 0.1) is 5.41 Å². The predicted molar refractivity (Wildman–Crippen MR) is 82.1 cm³/mol. The summed E-state index contributed by atoms with van der Waals surface area (Å²) in [5.41, 5.74) is 7.09. The van der Waals surface area contributed by atoms with Gasteiger partial charge >= 0.3 is 0 Å². The molecule has 3 N–H and O–H groups in total. The smallest absolute Gasteiger partial charge is 0.0722 e. The van der Waals surface area contributed by atoms with E-state index in [1.54, 1.807) is 12.1 Å². The van der Waals surface area contributed by atoms with Crippen LogP contribution in [-0.4, -0.2) is 18.8 Å². The van der Waals surface area contributed by atoms with Crippen molar-refractivity contribution >= 4 is 34.6 Å². The Morgan fingerprint density at radius 3 is 2.42 bits per heavy atom. The summed E-state index contributed by atoms with van der Waals surface area (Å²) in [6.07, 6.45) is 1.24. The van der Waals surface area contributed by atoms with Gasteiger partial charge in [-0.15, -0.1) is 0 Å². The normalized spacial score (nSPS) is 24.9. The molecule has 1 aliphatic carbocycles. The third-order valence-electron chi connectivity index (χ3n) is 3.93. The number of benzene rings is 1. The fourth-order valence-corrected chi connectivity index (χ4v) is 3.13. The molecule has 19 heavy (non-hydrogen) atoms. The average Bonchev–Trinajstić information content (AvgIpc) is 2.30. The number of nitrogens with one attached hydrogen (secondary N) is 1. The lowest BCUT2D eigenvalue weighted by Crippen LogP contribution is -2.58. The molecule has 1 aromatic rings. The third kappa shape index (κ3) is 2.78. The molecule has 2 atom stereocenters. The quantitative estimate of drug-likeness (QED) is 0.820. The van der Waals surface area contributed by atoms with E-state index in [1.807, 2.05) is 6.92 Å². The van der Waals surface area contributed by atoms with Gasteiger partial charge in [0.1, 0.15) is 0 Å². The first-order chi connectivity index (χ1) is 8.86. The van der Waals surface area contributed by atoms with Crippen LogP contribution in [0.5, 0.6) is 0 Å². The molecule has 2 unspecified atom stereocenters. The van der Waals surface area contributed by atoms with Crippen molar-refractivity contribution in [1.82, 2.24) is 0 Å². The molecule has 0 aromatic heterocycles. The molecule has 0 aliphatic heterocycles. The van der Waals surface area contributed by atoms with Gasteiger partial charge in [0.05, 0.1) is 21.8 Å². The van der Waals surface area contributed by atoms with Gasteiger partial charge in [-0.2, -0.15) is 0 Å². The van der Waals surface area contributed by atoms with Crippen LogP contribution in [0.25, 0.3) is 0 Å². The van der Waals surface area contributed by atoms with Gasteiger partial charge in [0.15, 0.2) is 0 Å². The van der Waals surface area contributed by atoms with Gasteiger partial charge < -0.3 is 15.8 Å². The van der Waals surface area contributed by atoms with Crippen LogP contribution in [0.4, 0.5) is 11.4 Å². The molecule has 0 radical (unpaired) electrons. The van der Waals surface area contributed by atoms with Gasteiger partial charge in [-0.25, -0.2) is 0 Å². The van der Waals surface area contributed by atoms with E-state index in [9.17, 15) is 0 Å². The van der Waals surface area contributed by atoms with Gasteiger partial charge in [0.25, 0.3) is 0 Å². The number of hydrogen-bond donors (Lipinski definition) is 2. The third-order valence-corrected chi connectivity index (χ3v) is 4.52. The SMILES string of the molecule is CCOC1CC(Nc2c(Cl)cc(N)cc2Cl)C1(C)C. The summed E-state index contributed by atoms with van der Waals surface area (Å²) < 4.78 is 5.71. The van der Waals surface area contributed by atoms with Crippen molar-refractivity contribution in [3.8, 4) is 0 Å². The van der Waals surface area contributed by atoms with E-state index in [0.29, 0.717) is 21.8 Å². The molecule has 1 aromatic carbocycles. The molecule has 0 saturated heterocycles. The summed E-state index contributed by atoms with van der Waals surface area (Å²) in [6.45, 7) is 7.13. The maximum Gasteiger partial charge on any atom is 0.0722 e. The van der Waals surface area contributed by atoms with Crippen LogP contribution < -0.4 is 11.1 Å². The Bertz CT molecular complexity index is 454. The Morgan fingerprint density at radius 2 is 1.95 bits per heavy atom. The fourth-order valence-electron chi connectivity index (χ4n) is 2.52. The number of rotatable bonds is 4. The standard InChI is InChI=1S/C14H20Cl2N2O/c1-4-19-12-7-11(14(12,2)3)18-13-9(15)5-8(17)6-10(13)16/h5-6,11-12,18H,4,7,17H2,1-3H3. The van der Waals surface area contributed by atoms with Crippen molar-refractivity contribution in [2.75, 3.05) is 17.7 Å². The lowest BCUT2D eigenvalue weighted by atomic mass is 9.64. The zero-order chi connectivity index (χ0) is 14.2. The Morgan fingerprint density at radius 1 is 1.37 bits per heavy atom. The van der Waals surface area contributed by atoms with Crippen LogP contribution in [0.1, 0.15) is 27.2 Å². The number of halogens is 2. The van der Waals surface area contributed by atoms with Crippen LogP contribution in [-0.2, 0) is 4.74 Å². The zero-order valence-electron chi connectivity index (χ0n) is 11.5. The topological polar surface area (TPSA) is 47.3 Å². The van der Waals surface area contributed by atoms with Crippen molar-refractivity contribution in [1.29, 1.82) is 0 Å². The van der Waals surface area contributed by atoms with Crippen LogP contribution in [0.15, 0.2) is 12.1 Å². The summed E-state index contributed by atoms with van der Waals surface area (Å²) in [5, 5.41) is 4.53. The molecule has 106 valence electrons. The molecule has 2 rings (SSSR count). The predicted octanol–water partition coefficient (Wildman–Crippen LogP) is 4.19. The van der Waals surface area contributed by atoms with Crippen molar-refractivity contribution in [3.05, 3.63) is 22.2 Å². The lowest BCUT2D eigenvalue weighted by molar-refractivity contribution is -0.0975. The average molecular weight is 303 g/mol. The van der Waals surface area contributed by atoms with E-state index >= 15 is 0 Å². The number of anilines is 2. The highest BCUT2D eigenvalue weighted by Crippen LogP contribution is 2.46. The molecule has 1 aliphatic rings. The molecule has 1 fully saturated rings. The molecule has 1 saturated carbocycles. The fraction of sp³-hybridized carbons (Fsp3) is 0.571. The lowest BCUT2D eigenvalue weighted by Gasteiger charge is -2.52. The van der Waals surface area contributed by atoms with E-state index in [0.717, 1.165) is 18.7 Å². The van der Waals surface area contributed by atoms with E-state index in [-0.39, 0.29) is 11.5 Å². The Labute approximate surface area is 124 Å². The zero-order valence-corrected chi connectivity index (χ0v) is 13.0. The number of hydrogen-bond acceptors (Lipinski definition) is 3. The summed E-state index contributed by atoms with van der Waals surface area (Å²) >= 11 is 12.4. The highest BCUT2D eigenvalue weighted by molar-refractivity contribution is 6.39. The first-order valence-electron chi connectivity index (χ1n) is 6.49. The van der Waals surface area contributed by atoms with Gasteiger partial charge in [0, 0.05) is 23.8 Å². The van der Waals surface area contributed by atoms with Crippen molar-refractivity contribution in [2.24, 2.45) is 5.41 Å². The molecule has 5 heteroatoms. The number of nitrogen functional groups attached to an aromatic ring is 1. The molecular weight excluding hydrogens is 283 g/mol. The summed E-state index contributed by atoms with van der Waals surface area (Å²) in [7, 11) is 0. The molecule has 0 bridgehead atoms. The van der Waals surface area contributed by atoms with E-state index < -0.39 is 0 Å². The van der Waals surface area contributed by atoms with E-state index in [2.05, 4.69) is 19.2 Å². The number of nitrogens with two attached hydrogens (primary N) is 1. The minimum absolute atomic E-state index is 0.0596. The van der Waals surface area contributed by atoms with Crippen LogP contribution in [0.3, 0.4) is 0 Å². The van der Waals surface area contributed by atoms with E-state index in [1.165, 1.54) is 0 Å². The van der Waals surface area contributed by atoms with Crippen molar-refractivity contribution in [2.45, 2.75) is 39.3 Å². The molecule has 0 amide bonds. The second-order valence-corrected chi connectivity index (χ2v) is 6.37. The van der Waals surface area contributed by atoms with Gasteiger partial charge in [-0.05, 0) is 25.5 Å². The highest BCUT2D eigenvalue weighted by Gasteiger charge is 2.49. The molecule has 3 nitrogen and oxygen atoms in total. The maximum absolute atomic E-state index is 6.19. The maximum atomic E-state index is 6.19. The summed E-state index contributed by atoms with van der Waals surface area (Å²) in [5.74, 6) is 0. The van der Waals surface area contributed by atoms with Gasteiger partial charge in [-0.1, -0.05) is 37.0 Å². The van der Waals surface area contributed by atoms with Gasteiger partial charge in [-0.3, -0.25) is 0 Å². The summed E-state index contributed by atoms with van der Waals surface area (Å²) in [4.78, 5) is 0.